The molecule has 1 N–H and O–H groups in total. The number of ether oxygens (including phenoxy) is 1. The average Bonchev–Trinajstić information content (AvgIpc) is 2.51. The maximum Gasteiger partial charge on any atom is 0.133 e. The Hall–Kier alpha value is -1.28. The number of rotatable bonds is 10. The Morgan fingerprint density at radius 3 is 2.36 bits per heavy atom. The van der Waals surface area contributed by atoms with Crippen LogP contribution in [0.25, 0.3) is 0 Å². The smallest absolute Gasteiger partial charge is 0.133 e. The zero-order valence-corrected chi connectivity index (χ0v) is 14.6. The predicted molar refractivity (Wildman–Crippen MR) is 94.4 cm³/mol. The molecule has 1 aromatic carbocycles. The Kier molecular flexibility index (Phi) is 8.26. The third-order valence-corrected chi connectivity index (χ3v) is 3.97. The number of hydrogen-bond acceptors (Lipinski definition) is 2. The molecule has 0 saturated carbocycles. The van der Waals surface area contributed by atoms with E-state index in [1.165, 1.54) is 31.2 Å². The maximum absolute atomic E-state index is 10.3. The fourth-order valence-electron chi connectivity index (χ4n) is 2.30. The van der Waals surface area contributed by atoms with Gasteiger partial charge < -0.3 is 9.84 Å². The molecule has 0 fully saturated rings. The number of benzene rings is 1. The summed E-state index contributed by atoms with van der Waals surface area (Å²) in [6.45, 7) is 8.20. The van der Waals surface area contributed by atoms with Crippen molar-refractivity contribution >= 4 is 0 Å². The highest BCUT2D eigenvalue weighted by Gasteiger charge is 2.27. The molecule has 124 valence electrons. The Balaban J connectivity index is 2.47. The van der Waals surface area contributed by atoms with Crippen LogP contribution in [0.2, 0.25) is 0 Å². The molecule has 0 heterocycles. The van der Waals surface area contributed by atoms with Gasteiger partial charge in [-0.1, -0.05) is 57.4 Å². The standard InChI is InChI=1S/C20H32O2/c1-5-7-8-9-10-11-12-19(21)20(3,4)22-18-15-13-17(6-2)14-16-18/h11-16,19,21H,5-10H2,1-4H3/b12-11+. The summed E-state index contributed by atoms with van der Waals surface area (Å²) >= 11 is 0. The van der Waals surface area contributed by atoms with Gasteiger partial charge in [0.2, 0.25) is 0 Å². The van der Waals surface area contributed by atoms with E-state index in [4.69, 9.17) is 4.74 Å². The van der Waals surface area contributed by atoms with E-state index in [0.717, 1.165) is 18.6 Å². The summed E-state index contributed by atoms with van der Waals surface area (Å²) in [5.41, 5.74) is 0.658. The lowest BCUT2D eigenvalue weighted by Crippen LogP contribution is -2.40. The minimum atomic E-state index is -0.631. The molecule has 0 saturated heterocycles. The second-order valence-electron chi connectivity index (χ2n) is 6.43. The number of allylic oxidation sites excluding steroid dienone is 1. The van der Waals surface area contributed by atoms with Crippen molar-refractivity contribution in [2.24, 2.45) is 0 Å². The van der Waals surface area contributed by atoms with Crippen molar-refractivity contribution in [1.82, 2.24) is 0 Å². The summed E-state index contributed by atoms with van der Waals surface area (Å²) in [5, 5.41) is 10.3. The first kappa shape index (κ1) is 18.8. The maximum atomic E-state index is 10.3. The lowest BCUT2D eigenvalue weighted by Gasteiger charge is -2.30. The van der Waals surface area contributed by atoms with Crippen molar-refractivity contribution in [1.29, 1.82) is 0 Å². The third-order valence-electron chi connectivity index (χ3n) is 3.97. The number of aliphatic hydroxyl groups excluding tert-OH is 1. The monoisotopic (exact) mass is 304 g/mol. The molecule has 0 aliphatic heterocycles. The fraction of sp³-hybridized carbons (Fsp3) is 0.600. The largest absolute Gasteiger partial charge is 0.485 e. The molecule has 0 aromatic heterocycles. The first-order valence-corrected chi connectivity index (χ1v) is 8.62. The molecular weight excluding hydrogens is 272 g/mol. The van der Waals surface area contributed by atoms with Crippen LogP contribution < -0.4 is 4.74 Å². The van der Waals surface area contributed by atoms with Crippen LogP contribution in [-0.4, -0.2) is 16.8 Å². The number of aliphatic hydroxyl groups is 1. The quantitative estimate of drug-likeness (QED) is 0.470. The summed E-state index contributed by atoms with van der Waals surface area (Å²) in [7, 11) is 0. The zero-order valence-electron chi connectivity index (χ0n) is 14.6. The summed E-state index contributed by atoms with van der Waals surface area (Å²) in [4.78, 5) is 0. The molecule has 0 bridgehead atoms. The molecule has 0 radical (unpaired) electrons. The highest BCUT2D eigenvalue weighted by Crippen LogP contribution is 2.22. The van der Waals surface area contributed by atoms with Crippen LogP contribution in [0.5, 0.6) is 5.75 Å². The minimum Gasteiger partial charge on any atom is -0.485 e. The summed E-state index contributed by atoms with van der Waals surface area (Å²) in [6.07, 6.45) is 10.4. The molecule has 0 amide bonds. The summed E-state index contributed by atoms with van der Waals surface area (Å²) < 4.78 is 5.96. The molecule has 0 aliphatic rings. The molecular formula is C20H32O2. The third kappa shape index (κ3) is 6.65. The summed E-state index contributed by atoms with van der Waals surface area (Å²) in [5.74, 6) is 0.803. The van der Waals surface area contributed by atoms with Gasteiger partial charge in [-0.3, -0.25) is 0 Å². The van der Waals surface area contributed by atoms with Crippen molar-refractivity contribution in [3.63, 3.8) is 0 Å². The zero-order chi connectivity index (χ0) is 16.4. The lowest BCUT2D eigenvalue weighted by molar-refractivity contribution is -0.00186. The van der Waals surface area contributed by atoms with Gasteiger partial charge in [0.15, 0.2) is 0 Å². The van der Waals surface area contributed by atoms with Crippen molar-refractivity contribution in [2.75, 3.05) is 0 Å². The van der Waals surface area contributed by atoms with Gasteiger partial charge >= 0.3 is 0 Å². The van der Waals surface area contributed by atoms with Gasteiger partial charge in [-0.05, 0) is 50.8 Å². The Morgan fingerprint density at radius 2 is 1.77 bits per heavy atom. The van der Waals surface area contributed by atoms with Gasteiger partial charge in [0.1, 0.15) is 17.5 Å². The first-order chi connectivity index (χ1) is 10.5. The van der Waals surface area contributed by atoms with Gasteiger partial charge in [0.25, 0.3) is 0 Å². The molecule has 0 spiro atoms. The van der Waals surface area contributed by atoms with Gasteiger partial charge in [0.05, 0.1) is 0 Å². The number of hydrogen-bond donors (Lipinski definition) is 1. The molecule has 2 heteroatoms. The van der Waals surface area contributed by atoms with Crippen molar-refractivity contribution in [2.45, 2.75) is 77.9 Å². The van der Waals surface area contributed by atoms with E-state index in [-0.39, 0.29) is 0 Å². The molecule has 1 rings (SSSR count). The van der Waals surface area contributed by atoms with E-state index in [9.17, 15) is 5.11 Å². The minimum absolute atomic E-state index is 0.607. The van der Waals surface area contributed by atoms with E-state index >= 15 is 0 Å². The molecule has 2 nitrogen and oxygen atoms in total. The van der Waals surface area contributed by atoms with Crippen molar-refractivity contribution < 1.29 is 9.84 Å². The van der Waals surface area contributed by atoms with E-state index in [2.05, 4.69) is 32.1 Å². The average molecular weight is 304 g/mol. The molecule has 1 unspecified atom stereocenters. The highest BCUT2D eigenvalue weighted by atomic mass is 16.5. The molecule has 0 aliphatic carbocycles. The Bertz CT molecular complexity index is 432. The van der Waals surface area contributed by atoms with Crippen LogP contribution in [-0.2, 0) is 6.42 Å². The predicted octanol–water partition coefficient (Wildman–Crippen LogP) is 5.29. The van der Waals surface area contributed by atoms with Crippen molar-refractivity contribution in [3.05, 3.63) is 42.0 Å². The number of unbranched alkanes of at least 4 members (excludes halogenated alkanes) is 4. The van der Waals surface area contributed by atoms with E-state index in [1.807, 2.05) is 32.1 Å². The molecule has 22 heavy (non-hydrogen) atoms. The topological polar surface area (TPSA) is 29.5 Å². The summed E-state index contributed by atoms with van der Waals surface area (Å²) in [6, 6.07) is 8.09. The van der Waals surface area contributed by atoms with E-state index in [1.54, 1.807) is 0 Å². The van der Waals surface area contributed by atoms with Gasteiger partial charge in [-0.2, -0.15) is 0 Å². The van der Waals surface area contributed by atoms with Crippen LogP contribution in [0.15, 0.2) is 36.4 Å². The second kappa shape index (κ2) is 9.68. The second-order valence-corrected chi connectivity index (χ2v) is 6.43. The van der Waals surface area contributed by atoms with Crippen molar-refractivity contribution in [3.8, 4) is 5.75 Å². The van der Waals surface area contributed by atoms with Crippen LogP contribution in [0.1, 0.15) is 65.4 Å². The van der Waals surface area contributed by atoms with Crippen LogP contribution in [0.4, 0.5) is 0 Å². The highest BCUT2D eigenvalue weighted by molar-refractivity contribution is 5.28. The Morgan fingerprint density at radius 1 is 1.09 bits per heavy atom. The van der Waals surface area contributed by atoms with Crippen LogP contribution >= 0.6 is 0 Å². The van der Waals surface area contributed by atoms with E-state index < -0.39 is 11.7 Å². The lowest BCUT2D eigenvalue weighted by atomic mass is 10.00. The van der Waals surface area contributed by atoms with Crippen LogP contribution in [0, 0.1) is 0 Å². The SMILES string of the molecule is CCCCCC/C=C/C(O)C(C)(C)Oc1ccc(CC)cc1. The first-order valence-electron chi connectivity index (χ1n) is 8.62. The molecule has 1 aromatic rings. The Labute approximate surface area is 136 Å². The van der Waals surface area contributed by atoms with E-state index in [0.29, 0.717) is 0 Å². The van der Waals surface area contributed by atoms with Crippen LogP contribution in [0.3, 0.4) is 0 Å². The van der Waals surface area contributed by atoms with Gasteiger partial charge in [-0.15, -0.1) is 0 Å². The normalized spacial score (nSPS) is 13.5. The number of aryl methyl sites for hydroxylation is 1. The van der Waals surface area contributed by atoms with Gasteiger partial charge in [0, 0.05) is 0 Å². The molecule has 1 atom stereocenters. The fourth-order valence-corrected chi connectivity index (χ4v) is 2.30. The van der Waals surface area contributed by atoms with Gasteiger partial charge in [-0.25, -0.2) is 0 Å².